The normalized spacial score (nSPS) is 13.7. The average Bonchev–Trinajstić information content (AvgIpc) is 3.51. The van der Waals surface area contributed by atoms with Gasteiger partial charge in [0.15, 0.2) is 11.5 Å². The lowest BCUT2D eigenvalue weighted by Gasteiger charge is -2.16. The summed E-state index contributed by atoms with van der Waals surface area (Å²) in [7, 11) is 1.58. The smallest absolute Gasteiger partial charge is 0.267 e. The highest BCUT2D eigenvalue weighted by Crippen LogP contribution is 2.33. The van der Waals surface area contributed by atoms with Crippen molar-refractivity contribution in [2.45, 2.75) is 19.3 Å². The van der Waals surface area contributed by atoms with Crippen LogP contribution in [0.3, 0.4) is 0 Å². The highest BCUT2D eigenvalue weighted by atomic mass is 35.5. The number of methoxy groups -OCH3 is 1. The molecule has 0 saturated carbocycles. The Bertz CT molecular complexity index is 1110. The van der Waals surface area contributed by atoms with Gasteiger partial charge in [-0.25, -0.2) is 4.98 Å². The number of likely N-dealkylation sites (tertiary alicyclic amines) is 1. The van der Waals surface area contributed by atoms with Crippen LogP contribution in [0.2, 0.25) is 5.02 Å². The van der Waals surface area contributed by atoms with E-state index in [0.29, 0.717) is 50.8 Å². The van der Waals surface area contributed by atoms with Gasteiger partial charge in [-0.2, -0.15) is 0 Å². The molecule has 180 valence electrons. The van der Waals surface area contributed by atoms with Crippen LogP contribution in [0, 0.1) is 0 Å². The molecule has 0 aliphatic carbocycles. The first-order valence-corrected chi connectivity index (χ1v) is 12.5. The summed E-state index contributed by atoms with van der Waals surface area (Å²) in [5.74, 6) is 0.912. The van der Waals surface area contributed by atoms with Gasteiger partial charge in [-0.15, -0.1) is 11.3 Å². The Hall–Kier alpha value is -2.65. The van der Waals surface area contributed by atoms with Gasteiger partial charge < -0.3 is 19.9 Å². The Morgan fingerprint density at radius 2 is 1.94 bits per heavy atom. The van der Waals surface area contributed by atoms with E-state index < -0.39 is 0 Å². The molecule has 7 nitrogen and oxygen atoms in total. The molecule has 1 saturated heterocycles. The first-order valence-electron chi connectivity index (χ1n) is 11.3. The maximum atomic E-state index is 13.1. The van der Waals surface area contributed by atoms with Crippen LogP contribution < -0.4 is 14.8 Å². The standard InChI is InChI=1S/C25H28ClN3O4S/c1-32-22-16-19(8-9-21(22)33-15-13-29-11-2-3-12-29)27-24(31)23-20(10-14-30)28-25(34-23)17-4-6-18(26)7-5-17/h4-9,16,30H,2-3,10-15H2,1H3,(H,27,31). The van der Waals surface area contributed by atoms with Gasteiger partial charge in [0, 0.05) is 41.9 Å². The van der Waals surface area contributed by atoms with E-state index in [4.69, 9.17) is 21.1 Å². The summed E-state index contributed by atoms with van der Waals surface area (Å²) in [6.45, 7) is 3.63. The minimum atomic E-state index is -0.286. The fourth-order valence-corrected chi connectivity index (χ4v) is 5.00. The van der Waals surface area contributed by atoms with Gasteiger partial charge in [-0.1, -0.05) is 23.7 Å². The van der Waals surface area contributed by atoms with Gasteiger partial charge in [0.05, 0.1) is 12.8 Å². The number of nitrogens with zero attached hydrogens (tertiary/aromatic N) is 2. The van der Waals surface area contributed by atoms with Crippen molar-refractivity contribution in [3.63, 3.8) is 0 Å². The van der Waals surface area contributed by atoms with Crippen molar-refractivity contribution < 1.29 is 19.4 Å². The van der Waals surface area contributed by atoms with Crippen molar-refractivity contribution in [2.75, 3.05) is 45.3 Å². The number of thiazole rings is 1. The number of benzene rings is 2. The van der Waals surface area contributed by atoms with Gasteiger partial charge in [-0.05, 0) is 50.2 Å². The van der Waals surface area contributed by atoms with Gasteiger partial charge >= 0.3 is 0 Å². The van der Waals surface area contributed by atoms with E-state index in [2.05, 4.69) is 15.2 Å². The van der Waals surface area contributed by atoms with Gasteiger partial charge in [0.25, 0.3) is 5.91 Å². The molecule has 0 bridgehead atoms. The maximum Gasteiger partial charge on any atom is 0.267 e. The van der Waals surface area contributed by atoms with Crippen LogP contribution >= 0.6 is 22.9 Å². The van der Waals surface area contributed by atoms with Crippen molar-refractivity contribution in [1.82, 2.24) is 9.88 Å². The molecule has 1 aliphatic rings. The molecule has 2 N–H and O–H groups in total. The van der Waals surface area contributed by atoms with Crippen LogP contribution in [0.25, 0.3) is 10.6 Å². The van der Waals surface area contributed by atoms with Crippen LogP contribution in [0.1, 0.15) is 28.2 Å². The van der Waals surface area contributed by atoms with Crippen LogP contribution in [0.4, 0.5) is 5.69 Å². The number of nitrogens with one attached hydrogen (secondary N) is 1. The van der Waals surface area contributed by atoms with Crippen molar-refractivity contribution >= 4 is 34.5 Å². The Kier molecular flexibility index (Phi) is 8.39. The zero-order valence-corrected chi connectivity index (χ0v) is 20.6. The second-order valence-electron chi connectivity index (χ2n) is 7.99. The topological polar surface area (TPSA) is 83.9 Å². The number of ether oxygens (including phenoxy) is 2. The van der Waals surface area contributed by atoms with Crippen molar-refractivity contribution in [2.24, 2.45) is 0 Å². The summed E-state index contributed by atoms with van der Waals surface area (Å²) in [5, 5.41) is 13.7. The lowest BCUT2D eigenvalue weighted by molar-refractivity contribution is 0.102. The van der Waals surface area contributed by atoms with Crippen LogP contribution in [-0.4, -0.2) is 60.9 Å². The summed E-state index contributed by atoms with van der Waals surface area (Å²) in [4.78, 5) is 20.5. The number of anilines is 1. The number of hydrogen-bond donors (Lipinski definition) is 2. The molecule has 1 aromatic heterocycles. The molecule has 1 amide bonds. The summed E-state index contributed by atoms with van der Waals surface area (Å²) < 4.78 is 11.4. The molecule has 1 fully saturated rings. The molecule has 34 heavy (non-hydrogen) atoms. The van der Waals surface area contributed by atoms with Gasteiger partial charge in [-0.3, -0.25) is 9.69 Å². The molecule has 3 aromatic rings. The molecule has 4 rings (SSSR count). The molecule has 0 unspecified atom stereocenters. The molecule has 0 spiro atoms. The fourth-order valence-electron chi connectivity index (χ4n) is 3.86. The lowest BCUT2D eigenvalue weighted by Crippen LogP contribution is -2.25. The summed E-state index contributed by atoms with van der Waals surface area (Å²) >= 11 is 7.27. The Morgan fingerprint density at radius 1 is 1.18 bits per heavy atom. The molecule has 0 atom stereocenters. The lowest BCUT2D eigenvalue weighted by atomic mass is 10.2. The van der Waals surface area contributed by atoms with E-state index in [9.17, 15) is 9.90 Å². The number of halogens is 1. The first kappa shape index (κ1) is 24.5. The summed E-state index contributed by atoms with van der Waals surface area (Å²) in [6, 6.07) is 12.6. The number of hydrogen-bond acceptors (Lipinski definition) is 7. The number of aliphatic hydroxyl groups excluding tert-OH is 1. The van der Waals surface area contributed by atoms with E-state index in [0.717, 1.165) is 25.2 Å². The number of rotatable bonds is 10. The van der Waals surface area contributed by atoms with Crippen LogP contribution in [-0.2, 0) is 6.42 Å². The highest BCUT2D eigenvalue weighted by molar-refractivity contribution is 7.17. The Morgan fingerprint density at radius 3 is 2.65 bits per heavy atom. The quantitative estimate of drug-likeness (QED) is 0.417. The van der Waals surface area contributed by atoms with Crippen molar-refractivity contribution in [3.8, 4) is 22.1 Å². The number of aromatic nitrogens is 1. The number of carbonyl (C=O) groups is 1. The summed E-state index contributed by atoms with van der Waals surface area (Å²) in [6.07, 6.45) is 2.79. The fraction of sp³-hybridized carbons (Fsp3) is 0.360. The number of amides is 1. The van der Waals surface area contributed by atoms with Crippen molar-refractivity contribution in [1.29, 1.82) is 0 Å². The predicted octanol–water partition coefficient (Wildman–Crippen LogP) is 4.73. The van der Waals surface area contributed by atoms with Crippen LogP contribution in [0.5, 0.6) is 11.5 Å². The highest BCUT2D eigenvalue weighted by Gasteiger charge is 2.20. The molecular formula is C25H28ClN3O4S. The van der Waals surface area contributed by atoms with E-state index in [1.54, 1.807) is 37.4 Å². The SMILES string of the molecule is COc1cc(NC(=O)c2sc(-c3ccc(Cl)cc3)nc2CCO)ccc1OCCN1CCCC1. The van der Waals surface area contributed by atoms with E-state index in [1.807, 2.05) is 12.1 Å². The van der Waals surface area contributed by atoms with Crippen LogP contribution in [0.15, 0.2) is 42.5 Å². The third kappa shape index (κ3) is 6.07. The van der Waals surface area contributed by atoms with Gasteiger partial charge in [0.1, 0.15) is 16.5 Å². The minimum absolute atomic E-state index is 0.0959. The molecule has 1 aliphatic heterocycles. The summed E-state index contributed by atoms with van der Waals surface area (Å²) in [5.41, 5.74) is 2.01. The molecule has 9 heteroatoms. The number of aliphatic hydroxyl groups is 1. The zero-order chi connectivity index (χ0) is 23.9. The van der Waals surface area contributed by atoms with E-state index in [1.165, 1.54) is 24.2 Å². The average molecular weight is 502 g/mol. The van der Waals surface area contributed by atoms with E-state index >= 15 is 0 Å². The number of carbonyl (C=O) groups excluding carboxylic acids is 1. The molecule has 2 heterocycles. The maximum absolute atomic E-state index is 13.1. The zero-order valence-electron chi connectivity index (χ0n) is 19.1. The monoisotopic (exact) mass is 501 g/mol. The second kappa shape index (κ2) is 11.7. The predicted molar refractivity (Wildman–Crippen MR) is 135 cm³/mol. The minimum Gasteiger partial charge on any atom is -0.493 e. The Balaban J connectivity index is 1.46. The molecule has 2 aromatic carbocycles. The van der Waals surface area contributed by atoms with Crippen molar-refractivity contribution in [3.05, 3.63) is 58.1 Å². The third-order valence-electron chi connectivity index (χ3n) is 5.63. The largest absolute Gasteiger partial charge is 0.493 e. The molecule has 0 radical (unpaired) electrons. The van der Waals surface area contributed by atoms with E-state index in [-0.39, 0.29) is 12.5 Å². The first-order chi connectivity index (χ1) is 16.6. The molecular weight excluding hydrogens is 474 g/mol. The Labute approximate surface area is 208 Å². The second-order valence-corrected chi connectivity index (χ2v) is 9.43. The third-order valence-corrected chi connectivity index (χ3v) is 7.03. The van der Waals surface area contributed by atoms with Gasteiger partial charge in [0.2, 0.25) is 0 Å².